The van der Waals surface area contributed by atoms with Crippen molar-refractivity contribution in [3.05, 3.63) is 142 Å². The van der Waals surface area contributed by atoms with Crippen LogP contribution >= 0.6 is 0 Å². The van der Waals surface area contributed by atoms with Crippen molar-refractivity contribution in [1.82, 2.24) is 4.90 Å². The monoisotopic (exact) mass is 644 g/mol. The van der Waals surface area contributed by atoms with E-state index in [9.17, 15) is 34.7 Å². The predicted octanol–water partition coefficient (Wildman–Crippen LogP) is 8.07. The number of nitrogens with zero attached hydrogens (tertiary/aromatic N) is 2. The van der Waals surface area contributed by atoms with Gasteiger partial charge in [0, 0.05) is 37.1 Å². The van der Waals surface area contributed by atoms with Crippen molar-refractivity contribution in [2.24, 2.45) is 5.92 Å². The normalized spacial score (nSPS) is 13.3. The molecule has 0 saturated carbocycles. The number of non-ortho nitro benzene ring substituents is 1. The van der Waals surface area contributed by atoms with Gasteiger partial charge in [-0.1, -0.05) is 97.1 Å². The first-order valence-corrected chi connectivity index (χ1v) is 15.7. The maximum Gasteiger partial charge on any atom is 0.307 e. The molecule has 1 amide bonds. The fraction of sp³-hybridized carbons (Fsp3) is 0.205. The highest BCUT2D eigenvalue weighted by atomic mass is 16.6. The summed E-state index contributed by atoms with van der Waals surface area (Å²) in [7, 11) is 0. The van der Waals surface area contributed by atoms with Gasteiger partial charge in [-0.2, -0.15) is 0 Å². The van der Waals surface area contributed by atoms with Crippen molar-refractivity contribution in [2.75, 3.05) is 0 Å². The second kappa shape index (κ2) is 15.2. The lowest BCUT2D eigenvalue weighted by molar-refractivity contribution is -0.384. The topological polar surface area (TPSA) is 138 Å². The lowest BCUT2D eigenvalue weighted by Crippen LogP contribution is -2.43. The number of hydrogen-bond donors (Lipinski definition) is 2. The Kier molecular flexibility index (Phi) is 10.6. The van der Waals surface area contributed by atoms with Crippen LogP contribution in [0.5, 0.6) is 0 Å². The molecule has 3 atom stereocenters. The van der Waals surface area contributed by atoms with E-state index in [1.165, 1.54) is 12.1 Å². The highest BCUT2D eigenvalue weighted by Crippen LogP contribution is 2.32. The van der Waals surface area contributed by atoms with Gasteiger partial charge in [-0.3, -0.25) is 24.5 Å². The summed E-state index contributed by atoms with van der Waals surface area (Å²) in [5, 5.41) is 34.7. The number of carbonyl (C=O) groups excluding carboxylic acids is 1. The van der Waals surface area contributed by atoms with Crippen LogP contribution in [0.15, 0.2) is 115 Å². The Morgan fingerprint density at radius 1 is 0.792 bits per heavy atom. The number of allylic oxidation sites excluding steroid dienone is 1. The summed E-state index contributed by atoms with van der Waals surface area (Å²) in [4.78, 5) is 50.0. The summed E-state index contributed by atoms with van der Waals surface area (Å²) >= 11 is 0. The number of carboxylic acid groups (broad SMARTS) is 2. The number of carbonyl (C=O) groups is 3. The zero-order chi connectivity index (χ0) is 34.2. The maximum absolute atomic E-state index is 14.0. The van der Waals surface area contributed by atoms with Crippen molar-refractivity contribution in [3.63, 3.8) is 0 Å². The van der Waals surface area contributed by atoms with Gasteiger partial charge in [0.25, 0.3) is 5.69 Å². The molecule has 5 rings (SSSR count). The fourth-order valence-corrected chi connectivity index (χ4v) is 6.11. The van der Waals surface area contributed by atoms with Crippen LogP contribution < -0.4 is 0 Å². The molecule has 0 bridgehead atoms. The number of hydrogen-bond acceptors (Lipinski definition) is 5. The van der Waals surface area contributed by atoms with E-state index < -0.39 is 47.6 Å². The molecule has 5 aromatic rings. The first kappa shape index (κ1) is 33.5. The Hall–Kier alpha value is -5.83. The number of carboxylic acids is 2. The minimum atomic E-state index is -1.40. The molecular formula is C39H36N2O7. The van der Waals surface area contributed by atoms with Gasteiger partial charge < -0.3 is 15.1 Å². The van der Waals surface area contributed by atoms with Crippen molar-refractivity contribution in [2.45, 2.75) is 44.7 Å². The molecule has 48 heavy (non-hydrogen) atoms. The smallest absolute Gasteiger partial charge is 0.307 e. The molecule has 2 N–H and O–H groups in total. The summed E-state index contributed by atoms with van der Waals surface area (Å²) < 4.78 is 0. The second-order valence-corrected chi connectivity index (χ2v) is 12.0. The third-order valence-corrected chi connectivity index (χ3v) is 8.76. The van der Waals surface area contributed by atoms with Gasteiger partial charge in [0.15, 0.2) is 0 Å². The molecule has 0 aliphatic rings. The van der Waals surface area contributed by atoms with E-state index in [0.717, 1.165) is 38.2 Å². The van der Waals surface area contributed by atoms with Crippen LogP contribution in [-0.4, -0.2) is 43.9 Å². The summed E-state index contributed by atoms with van der Waals surface area (Å²) in [6.45, 7) is 2.03. The Morgan fingerprint density at radius 3 is 2.00 bits per heavy atom. The Balaban J connectivity index is 1.51. The summed E-state index contributed by atoms with van der Waals surface area (Å²) in [6.07, 6.45) is 3.31. The first-order valence-electron chi connectivity index (χ1n) is 15.7. The van der Waals surface area contributed by atoms with E-state index in [4.69, 9.17) is 0 Å². The summed E-state index contributed by atoms with van der Waals surface area (Å²) in [6, 6.07) is 33.6. The number of nitro benzene ring substituents is 1. The molecule has 0 saturated heterocycles. The van der Waals surface area contributed by atoms with Gasteiger partial charge in [0.05, 0.1) is 17.3 Å². The highest BCUT2D eigenvalue weighted by molar-refractivity contribution is 5.86. The van der Waals surface area contributed by atoms with Crippen LogP contribution in [0, 0.1) is 16.0 Å². The van der Waals surface area contributed by atoms with Gasteiger partial charge in [-0.05, 0) is 63.7 Å². The fourth-order valence-electron chi connectivity index (χ4n) is 6.11. The molecule has 0 aliphatic heterocycles. The van der Waals surface area contributed by atoms with Gasteiger partial charge in [0.1, 0.15) is 0 Å². The van der Waals surface area contributed by atoms with Gasteiger partial charge >= 0.3 is 11.9 Å². The number of benzene rings is 5. The molecule has 244 valence electrons. The summed E-state index contributed by atoms with van der Waals surface area (Å²) in [5.41, 5.74) is 2.53. The molecule has 0 aliphatic carbocycles. The minimum Gasteiger partial charge on any atom is -0.481 e. The van der Waals surface area contributed by atoms with Crippen LogP contribution in [-0.2, 0) is 20.9 Å². The zero-order valence-corrected chi connectivity index (χ0v) is 26.4. The standard InChI is InChI=1S/C39H36N2O7/c1-26(40(37(42)23-34(39(45)46)24-38(43)44)25-28-14-16-30-9-3-5-11-33(30)22-28)36(31-17-19-35(20-18-31)41(47)48)12-6-7-27-13-15-29-8-2-4-10-32(29)21-27/h2-11,13-22,26,34,36H,12,23-25H2,1H3,(H,43,44)(H,45,46). The number of aliphatic carboxylic acids is 2. The molecule has 9 nitrogen and oxygen atoms in total. The second-order valence-electron chi connectivity index (χ2n) is 12.0. The third kappa shape index (κ3) is 8.30. The quantitative estimate of drug-likeness (QED) is 0.0921. The first-order chi connectivity index (χ1) is 23.1. The summed E-state index contributed by atoms with van der Waals surface area (Å²) in [5.74, 6) is -4.88. The molecule has 0 radical (unpaired) electrons. The molecule has 5 aromatic carbocycles. The molecular weight excluding hydrogens is 608 g/mol. The maximum atomic E-state index is 14.0. The van der Waals surface area contributed by atoms with Crippen LogP contribution in [0.25, 0.3) is 27.6 Å². The third-order valence-electron chi connectivity index (χ3n) is 8.76. The Morgan fingerprint density at radius 2 is 1.40 bits per heavy atom. The number of nitro groups is 1. The van der Waals surface area contributed by atoms with Crippen LogP contribution in [0.2, 0.25) is 0 Å². The average Bonchev–Trinajstić information content (AvgIpc) is 3.08. The molecule has 3 unspecified atom stereocenters. The van der Waals surface area contributed by atoms with Crippen molar-refractivity contribution >= 4 is 51.2 Å². The van der Waals surface area contributed by atoms with E-state index in [2.05, 4.69) is 6.07 Å². The SMILES string of the molecule is CC(C(CC=Cc1ccc2ccccc2c1)c1ccc([N+](=O)[O-])cc1)N(Cc1ccc2ccccc2c1)C(=O)CC(CC(=O)O)C(=O)O. The predicted molar refractivity (Wildman–Crippen MR) is 185 cm³/mol. The zero-order valence-electron chi connectivity index (χ0n) is 26.4. The number of fused-ring (bicyclic) bond motifs is 2. The van der Waals surface area contributed by atoms with E-state index in [1.54, 1.807) is 17.0 Å². The number of rotatable bonds is 14. The van der Waals surface area contributed by atoms with E-state index in [0.29, 0.717) is 6.42 Å². The van der Waals surface area contributed by atoms with Gasteiger partial charge in [-0.25, -0.2) is 0 Å². The minimum absolute atomic E-state index is 0.0566. The average molecular weight is 645 g/mol. The largest absolute Gasteiger partial charge is 0.481 e. The van der Waals surface area contributed by atoms with Gasteiger partial charge in [-0.15, -0.1) is 0 Å². The van der Waals surface area contributed by atoms with E-state index >= 15 is 0 Å². The van der Waals surface area contributed by atoms with Crippen LogP contribution in [0.4, 0.5) is 5.69 Å². The van der Waals surface area contributed by atoms with Crippen molar-refractivity contribution in [3.8, 4) is 0 Å². The van der Waals surface area contributed by atoms with Crippen LogP contribution in [0.1, 0.15) is 48.8 Å². The molecule has 0 aromatic heterocycles. The Labute approximate surface area is 277 Å². The molecule has 9 heteroatoms. The molecule has 0 fully saturated rings. The lowest BCUT2D eigenvalue weighted by Gasteiger charge is -2.36. The molecule has 0 heterocycles. The van der Waals surface area contributed by atoms with Crippen molar-refractivity contribution < 1.29 is 29.5 Å². The lowest BCUT2D eigenvalue weighted by atomic mass is 9.87. The van der Waals surface area contributed by atoms with Crippen molar-refractivity contribution in [1.29, 1.82) is 0 Å². The Bertz CT molecular complexity index is 1990. The van der Waals surface area contributed by atoms with Gasteiger partial charge in [0.2, 0.25) is 5.91 Å². The molecule has 0 spiro atoms. The number of amides is 1. The highest BCUT2D eigenvalue weighted by Gasteiger charge is 2.32. The van der Waals surface area contributed by atoms with E-state index in [1.807, 2.05) is 97.9 Å². The van der Waals surface area contributed by atoms with E-state index in [-0.39, 0.29) is 18.2 Å². The van der Waals surface area contributed by atoms with Crippen LogP contribution in [0.3, 0.4) is 0 Å².